The van der Waals surface area contributed by atoms with Crippen LogP contribution in [-0.4, -0.2) is 25.0 Å². The zero-order chi connectivity index (χ0) is 23.4. The SMILES string of the molecule is CNC(=O)N1c2ccccc2CC(OC(=O)C(OC(C)=O)c2ccccc2)c2ccccc21. The van der Waals surface area contributed by atoms with Gasteiger partial charge in [0.05, 0.1) is 11.4 Å². The van der Waals surface area contributed by atoms with E-state index in [2.05, 4.69) is 5.32 Å². The fraction of sp³-hybridized carbons (Fsp3) is 0.192. The minimum atomic E-state index is -1.19. The van der Waals surface area contributed by atoms with Crippen molar-refractivity contribution in [2.24, 2.45) is 0 Å². The second kappa shape index (κ2) is 9.56. The van der Waals surface area contributed by atoms with Crippen molar-refractivity contribution in [1.29, 1.82) is 0 Å². The third-order valence-electron chi connectivity index (χ3n) is 5.44. The second-order valence-corrected chi connectivity index (χ2v) is 7.61. The van der Waals surface area contributed by atoms with Crippen LogP contribution in [0.25, 0.3) is 0 Å². The highest BCUT2D eigenvalue weighted by molar-refractivity contribution is 6.01. The second-order valence-electron chi connectivity index (χ2n) is 7.61. The highest BCUT2D eigenvalue weighted by Gasteiger charge is 2.34. The number of nitrogens with zero attached hydrogens (tertiary/aromatic N) is 1. The van der Waals surface area contributed by atoms with Crippen LogP contribution in [0, 0.1) is 0 Å². The predicted molar refractivity (Wildman–Crippen MR) is 123 cm³/mol. The Morgan fingerprint density at radius 1 is 0.909 bits per heavy atom. The summed E-state index contributed by atoms with van der Waals surface area (Å²) in [6, 6.07) is 23.2. The molecule has 33 heavy (non-hydrogen) atoms. The molecule has 1 aliphatic rings. The molecule has 1 N–H and O–H groups in total. The summed E-state index contributed by atoms with van der Waals surface area (Å²) in [5.74, 6) is -1.26. The van der Waals surface area contributed by atoms with E-state index in [9.17, 15) is 14.4 Å². The van der Waals surface area contributed by atoms with Gasteiger partial charge in [0.2, 0.25) is 6.10 Å². The summed E-state index contributed by atoms with van der Waals surface area (Å²) in [7, 11) is 1.57. The summed E-state index contributed by atoms with van der Waals surface area (Å²) in [5.41, 5.74) is 3.37. The Bertz CT molecular complexity index is 1180. The maximum Gasteiger partial charge on any atom is 0.352 e. The molecule has 0 spiro atoms. The summed E-state index contributed by atoms with van der Waals surface area (Å²) < 4.78 is 11.3. The Kier molecular flexibility index (Phi) is 6.40. The average Bonchev–Trinajstić information content (AvgIpc) is 2.97. The van der Waals surface area contributed by atoms with Gasteiger partial charge >= 0.3 is 18.0 Å². The normalized spacial score (nSPS) is 15.3. The Morgan fingerprint density at radius 2 is 1.55 bits per heavy atom. The van der Waals surface area contributed by atoms with E-state index in [0.717, 1.165) is 5.56 Å². The maximum absolute atomic E-state index is 13.3. The molecular formula is C26H24N2O5. The number of nitrogens with one attached hydrogen (secondary N) is 1. The first kappa shape index (κ1) is 22.1. The Hall–Kier alpha value is -4.13. The number of carbonyl (C=O) groups is 3. The van der Waals surface area contributed by atoms with Gasteiger partial charge < -0.3 is 14.8 Å². The monoisotopic (exact) mass is 444 g/mol. The summed E-state index contributed by atoms with van der Waals surface area (Å²) in [4.78, 5) is 39.4. The van der Waals surface area contributed by atoms with Gasteiger partial charge in [0.25, 0.3) is 0 Å². The number of esters is 2. The molecule has 0 aliphatic carbocycles. The van der Waals surface area contributed by atoms with Crippen LogP contribution < -0.4 is 10.2 Å². The van der Waals surface area contributed by atoms with Crippen molar-refractivity contribution < 1.29 is 23.9 Å². The maximum atomic E-state index is 13.3. The van der Waals surface area contributed by atoms with Gasteiger partial charge in [-0.05, 0) is 17.7 Å². The molecule has 1 heterocycles. The highest BCUT2D eigenvalue weighted by Crippen LogP contribution is 2.42. The van der Waals surface area contributed by atoms with Crippen LogP contribution in [0.4, 0.5) is 16.2 Å². The number of anilines is 2. The zero-order valence-corrected chi connectivity index (χ0v) is 18.4. The van der Waals surface area contributed by atoms with Crippen molar-refractivity contribution >= 4 is 29.3 Å². The fourth-order valence-corrected chi connectivity index (χ4v) is 3.99. The van der Waals surface area contributed by atoms with Crippen LogP contribution in [0.15, 0.2) is 78.9 Å². The van der Waals surface area contributed by atoms with E-state index >= 15 is 0 Å². The topological polar surface area (TPSA) is 84.9 Å². The number of rotatable bonds is 4. The summed E-state index contributed by atoms with van der Waals surface area (Å²) in [6.45, 7) is 1.25. The largest absolute Gasteiger partial charge is 0.454 e. The molecule has 3 aromatic carbocycles. The van der Waals surface area contributed by atoms with E-state index < -0.39 is 24.1 Å². The number of carbonyl (C=O) groups excluding carboxylic acids is 3. The number of benzene rings is 3. The molecule has 7 nitrogen and oxygen atoms in total. The number of para-hydroxylation sites is 2. The quantitative estimate of drug-likeness (QED) is 0.594. The standard InChI is InChI=1S/C26H24N2O5/c1-17(29)32-24(18-10-4-3-5-11-18)25(30)33-23-16-19-12-6-8-14-21(19)28(26(31)27-2)22-15-9-7-13-20(22)23/h3-15,23-24H,16H2,1-2H3,(H,27,31). The molecule has 2 atom stereocenters. The smallest absolute Gasteiger partial charge is 0.352 e. The molecule has 168 valence electrons. The lowest BCUT2D eigenvalue weighted by Crippen LogP contribution is -2.35. The van der Waals surface area contributed by atoms with E-state index in [0.29, 0.717) is 28.9 Å². The lowest BCUT2D eigenvalue weighted by atomic mass is 10.0. The fourth-order valence-electron chi connectivity index (χ4n) is 3.99. The number of hydrogen-bond donors (Lipinski definition) is 1. The van der Waals surface area contributed by atoms with E-state index in [4.69, 9.17) is 9.47 Å². The van der Waals surface area contributed by atoms with E-state index in [1.807, 2.05) is 54.6 Å². The summed E-state index contributed by atoms with van der Waals surface area (Å²) >= 11 is 0. The first-order valence-electron chi connectivity index (χ1n) is 10.6. The summed E-state index contributed by atoms with van der Waals surface area (Å²) in [6.07, 6.45) is -1.52. The van der Waals surface area contributed by atoms with Crippen LogP contribution in [0.1, 0.15) is 35.8 Å². The molecule has 0 saturated heterocycles. The summed E-state index contributed by atoms with van der Waals surface area (Å²) in [5, 5.41) is 2.68. The number of ether oxygens (including phenoxy) is 2. The molecule has 0 fully saturated rings. The molecule has 2 amide bonds. The van der Waals surface area contributed by atoms with Crippen molar-refractivity contribution in [2.75, 3.05) is 11.9 Å². The minimum absolute atomic E-state index is 0.302. The molecule has 2 unspecified atom stereocenters. The molecule has 7 heteroatoms. The van der Waals surface area contributed by atoms with Crippen molar-refractivity contribution in [3.8, 4) is 0 Å². The predicted octanol–water partition coefficient (Wildman–Crippen LogP) is 4.61. The first-order chi connectivity index (χ1) is 16.0. The average molecular weight is 444 g/mol. The van der Waals surface area contributed by atoms with Gasteiger partial charge in [0.15, 0.2) is 0 Å². The van der Waals surface area contributed by atoms with Crippen LogP contribution >= 0.6 is 0 Å². The third kappa shape index (κ3) is 4.57. The zero-order valence-electron chi connectivity index (χ0n) is 18.4. The minimum Gasteiger partial charge on any atom is -0.454 e. The molecule has 0 saturated carbocycles. The van der Waals surface area contributed by atoms with Crippen LogP contribution in [0.3, 0.4) is 0 Å². The van der Waals surface area contributed by atoms with E-state index in [-0.39, 0.29) is 6.03 Å². The number of fused-ring (bicyclic) bond motifs is 2. The van der Waals surface area contributed by atoms with Crippen molar-refractivity contribution in [1.82, 2.24) is 5.32 Å². The van der Waals surface area contributed by atoms with Crippen LogP contribution in [0.5, 0.6) is 0 Å². The van der Waals surface area contributed by atoms with Crippen LogP contribution in [-0.2, 0) is 25.5 Å². The van der Waals surface area contributed by atoms with Gasteiger partial charge in [-0.25, -0.2) is 9.59 Å². The van der Waals surface area contributed by atoms with Gasteiger partial charge in [-0.1, -0.05) is 66.7 Å². The first-order valence-corrected chi connectivity index (χ1v) is 10.6. The van der Waals surface area contributed by atoms with Gasteiger partial charge in [-0.15, -0.1) is 0 Å². The Labute approximate surface area is 191 Å². The Morgan fingerprint density at radius 3 is 2.24 bits per heavy atom. The molecule has 0 radical (unpaired) electrons. The molecule has 0 bridgehead atoms. The molecule has 1 aliphatic heterocycles. The van der Waals surface area contributed by atoms with Crippen molar-refractivity contribution in [2.45, 2.75) is 25.6 Å². The van der Waals surface area contributed by atoms with Crippen molar-refractivity contribution in [3.63, 3.8) is 0 Å². The molecule has 4 rings (SSSR count). The van der Waals surface area contributed by atoms with Crippen molar-refractivity contribution in [3.05, 3.63) is 95.6 Å². The molecule has 0 aromatic heterocycles. The van der Waals surface area contributed by atoms with Gasteiger partial charge in [0, 0.05) is 31.5 Å². The van der Waals surface area contributed by atoms with Crippen LogP contribution in [0.2, 0.25) is 0 Å². The molecular weight excluding hydrogens is 420 g/mol. The Balaban J connectivity index is 1.75. The van der Waals surface area contributed by atoms with Gasteiger partial charge in [0.1, 0.15) is 6.10 Å². The third-order valence-corrected chi connectivity index (χ3v) is 5.44. The van der Waals surface area contributed by atoms with E-state index in [1.54, 1.807) is 36.2 Å². The molecule has 3 aromatic rings. The highest BCUT2D eigenvalue weighted by atomic mass is 16.6. The number of amides is 2. The van der Waals surface area contributed by atoms with Gasteiger partial charge in [-0.3, -0.25) is 9.69 Å². The number of urea groups is 1. The van der Waals surface area contributed by atoms with E-state index in [1.165, 1.54) is 6.92 Å². The lowest BCUT2D eigenvalue weighted by molar-refractivity contribution is -0.171. The van der Waals surface area contributed by atoms with Gasteiger partial charge in [-0.2, -0.15) is 0 Å². The lowest BCUT2D eigenvalue weighted by Gasteiger charge is -2.25. The number of hydrogen-bond acceptors (Lipinski definition) is 5.